The number of carbonyl (C=O) groups is 2. The predicted octanol–water partition coefficient (Wildman–Crippen LogP) is -0.327. The van der Waals surface area contributed by atoms with Crippen LogP contribution in [0.4, 0.5) is 0 Å². The molecule has 0 aromatic rings. The Kier molecular flexibility index (Phi) is 6.06. The number of hydrogen-bond acceptors (Lipinski definition) is 4. The fraction of sp³-hybridized carbons (Fsp3) is 0.867. The second kappa shape index (κ2) is 7.62. The molecule has 3 saturated heterocycles. The number of piperidine rings is 2. The maximum Gasteiger partial charge on any atom is 0.236 e. The number of nitrogens with two attached hydrogens (primary N) is 1. The summed E-state index contributed by atoms with van der Waals surface area (Å²) in [6.45, 7) is 6.04. The molecule has 3 rings (SSSR count). The summed E-state index contributed by atoms with van der Waals surface area (Å²) in [6.07, 6.45) is 2.89. The Bertz CT molecular complexity index is 420. The van der Waals surface area contributed by atoms with E-state index in [0.717, 1.165) is 51.5 Å². The standard InChI is InChI=1S/C15H26N4O2.ClH/c16-15(21)12-2-1-4-19(9-12)14(20)10-18-5-3-11-6-17-7-13(11)8-18;/h11-13,17H,1-10H2,(H2,16,21);1H. The van der Waals surface area contributed by atoms with Crippen molar-refractivity contribution in [3.05, 3.63) is 0 Å². The number of hydrogen-bond donors (Lipinski definition) is 2. The SMILES string of the molecule is Cl.NC(=O)C1CCCN(C(=O)CN2CCC3CNCC3C2)C1. The van der Waals surface area contributed by atoms with Gasteiger partial charge < -0.3 is 16.0 Å². The summed E-state index contributed by atoms with van der Waals surface area (Å²) in [5, 5.41) is 3.45. The van der Waals surface area contributed by atoms with E-state index in [1.54, 1.807) is 0 Å². The normalized spacial score (nSPS) is 32.2. The largest absolute Gasteiger partial charge is 0.369 e. The molecule has 3 heterocycles. The maximum atomic E-state index is 12.4. The third-order valence-corrected chi connectivity index (χ3v) is 5.32. The Morgan fingerprint density at radius 2 is 1.86 bits per heavy atom. The highest BCUT2D eigenvalue weighted by molar-refractivity contribution is 5.85. The molecule has 0 spiro atoms. The van der Waals surface area contributed by atoms with Crippen molar-refractivity contribution in [3.8, 4) is 0 Å². The van der Waals surface area contributed by atoms with Gasteiger partial charge in [0.05, 0.1) is 12.5 Å². The number of nitrogens with zero attached hydrogens (tertiary/aromatic N) is 2. The van der Waals surface area contributed by atoms with Crippen molar-refractivity contribution in [1.29, 1.82) is 0 Å². The van der Waals surface area contributed by atoms with Crippen molar-refractivity contribution in [2.24, 2.45) is 23.5 Å². The highest BCUT2D eigenvalue weighted by Gasteiger charge is 2.34. The summed E-state index contributed by atoms with van der Waals surface area (Å²) in [6, 6.07) is 0. The predicted molar refractivity (Wildman–Crippen MR) is 86.7 cm³/mol. The zero-order valence-electron chi connectivity index (χ0n) is 13.0. The molecule has 3 aliphatic rings. The van der Waals surface area contributed by atoms with Crippen molar-refractivity contribution in [2.75, 3.05) is 45.8 Å². The first-order valence-electron chi connectivity index (χ1n) is 8.13. The van der Waals surface area contributed by atoms with Gasteiger partial charge in [0.25, 0.3) is 0 Å². The maximum absolute atomic E-state index is 12.4. The van der Waals surface area contributed by atoms with Gasteiger partial charge >= 0.3 is 0 Å². The van der Waals surface area contributed by atoms with Crippen LogP contribution in [0.25, 0.3) is 0 Å². The molecule has 0 bridgehead atoms. The van der Waals surface area contributed by atoms with Crippen molar-refractivity contribution in [1.82, 2.24) is 15.1 Å². The number of carbonyl (C=O) groups excluding carboxylic acids is 2. The van der Waals surface area contributed by atoms with E-state index in [-0.39, 0.29) is 30.1 Å². The Morgan fingerprint density at radius 3 is 2.64 bits per heavy atom. The number of rotatable bonds is 3. The van der Waals surface area contributed by atoms with Crippen LogP contribution in [0.2, 0.25) is 0 Å². The monoisotopic (exact) mass is 330 g/mol. The van der Waals surface area contributed by atoms with E-state index in [2.05, 4.69) is 10.2 Å². The Morgan fingerprint density at radius 1 is 1.09 bits per heavy atom. The lowest BCUT2D eigenvalue weighted by molar-refractivity contribution is -0.136. The number of nitrogens with one attached hydrogen (secondary N) is 1. The van der Waals surface area contributed by atoms with Crippen molar-refractivity contribution in [3.63, 3.8) is 0 Å². The van der Waals surface area contributed by atoms with Gasteiger partial charge in [-0.25, -0.2) is 0 Å². The molecule has 0 aliphatic carbocycles. The van der Waals surface area contributed by atoms with E-state index in [9.17, 15) is 9.59 Å². The van der Waals surface area contributed by atoms with E-state index in [1.807, 2.05) is 4.90 Å². The van der Waals surface area contributed by atoms with Crippen LogP contribution in [0.15, 0.2) is 0 Å². The zero-order valence-corrected chi connectivity index (χ0v) is 13.8. The highest BCUT2D eigenvalue weighted by Crippen LogP contribution is 2.26. The molecular weight excluding hydrogens is 304 g/mol. The van der Waals surface area contributed by atoms with Crippen LogP contribution >= 0.6 is 12.4 Å². The fourth-order valence-electron chi connectivity index (χ4n) is 3.98. The average molecular weight is 331 g/mol. The molecular formula is C15H27ClN4O2. The molecule has 22 heavy (non-hydrogen) atoms. The van der Waals surface area contributed by atoms with E-state index < -0.39 is 0 Å². The summed E-state index contributed by atoms with van der Waals surface area (Å²) in [5.41, 5.74) is 5.38. The summed E-state index contributed by atoms with van der Waals surface area (Å²) in [4.78, 5) is 27.9. The molecule has 3 unspecified atom stereocenters. The van der Waals surface area contributed by atoms with Crippen LogP contribution in [0.1, 0.15) is 19.3 Å². The molecule has 3 atom stereocenters. The van der Waals surface area contributed by atoms with Crippen molar-refractivity contribution in [2.45, 2.75) is 19.3 Å². The van der Waals surface area contributed by atoms with Crippen molar-refractivity contribution >= 4 is 24.2 Å². The van der Waals surface area contributed by atoms with E-state index in [0.29, 0.717) is 19.0 Å². The van der Waals surface area contributed by atoms with Gasteiger partial charge in [-0.3, -0.25) is 14.5 Å². The number of amides is 2. The molecule has 3 fully saturated rings. The molecule has 3 N–H and O–H groups in total. The molecule has 7 heteroatoms. The lowest BCUT2D eigenvalue weighted by Gasteiger charge is -2.37. The number of halogens is 1. The Balaban J connectivity index is 0.00000176. The lowest BCUT2D eigenvalue weighted by Crippen LogP contribution is -2.50. The minimum atomic E-state index is -0.273. The number of primary amides is 1. The topological polar surface area (TPSA) is 78.7 Å². The van der Waals surface area contributed by atoms with E-state index >= 15 is 0 Å². The number of fused-ring (bicyclic) bond motifs is 1. The molecule has 126 valence electrons. The lowest BCUT2D eigenvalue weighted by atomic mass is 9.89. The molecule has 0 aromatic carbocycles. The van der Waals surface area contributed by atoms with Crippen LogP contribution in [-0.4, -0.2) is 67.4 Å². The van der Waals surface area contributed by atoms with E-state index in [4.69, 9.17) is 5.73 Å². The second-order valence-electron chi connectivity index (χ2n) is 6.78. The first-order chi connectivity index (χ1) is 10.1. The molecule has 0 radical (unpaired) electrons. The van der Waals surface area contributed by atoms with Gasteiger partial charge in [0.2, 0.25) is 11.8 Å². The van der Waals surface area contributed by atoms with Gasteiger partial charge in [-0.05, 0) is 50.7 Å². The highest BCUT2D eigenvalue weighted by atomic mass is 35.5. The molecule has 6 nitrogen and oxygen atoms in total. The minimum Gasteiger partial charge on any atom is -0.369 e. The first kappa shape index (κ1) is 17.5. The summed E-state index contributed by atoms with van der Waals surface area (Å²) < 4.78 is 0. The smallest absolute Gasteiger partial charge is 0.236 e. The number of likely N-dealkylation sites (tertiary alicyclic amines) is 2. The minimum absolute atomic E-state index is 0. The first-order valence-corrected chi connectivity index (χ1v) is 8.13. The van der Waals surface area contributed by atoms with Crippen LogP contribution in [0, 0.1) is 17.8 Å². The molecule has 0 saturated carbocycles. The Labute approximate surface area is 138 Å². The van der Waals surface area contributed by atoms with E-state index in [1.165, 1.54) is 6.42 Å². The van der Waals surface area contributed by atoms with Crippen molar-refractivity contribution < 1.29 is 9.59 Å². The Hall–Kier alpha value is -0.850. The molecule has 0 aromatic heterocycles. The zero-order chi connectivity index (χ0) is 14.8. The van der Waals surface area contributed by atoms with Gasteiger partial charge in [-0.15, -0.1) is 12.4 Å². The summed E-state index contributed by atoms with van der Waals surface area (Å²) in [7, 11) is 0. The van der Waals surface area contributed by atoms with Crippen LogP contribution < -0.4 is 11.1 Å². The fourth-order valence-corrected chi connectivity index (χ4v) is 3.98. The van der Waals surface area contributed by atoms with Crippen LogP contribution in [0.3, 0.4) is 0 Å². The van der Waals surface area contributed by atoms with Gasteiger partial charge in [0.1, 0.15) is 0 Å². The van der Waals surface area contributed by atoms with Crippen LogP contribution in [0.5, 0.6) is 0 Å². The van der Waals surface area contributed by atoms with Gasteiger partial charge in [0.15, 0.2) is 0 Å². The van der Waals surface area contributed by atoms with Crippen LogP contribution in [-0.2, 0) is 9.59 Å². The molecule has 2 amide bonds. The van der Waals surface area contributed by atoms with Gasteiger partial charge in [-0.2, -0.15) is 0 Å². The summed E-state index contributed by atoms with van der Waals surface area (Å²) >= 11 is 0. The third kappa shape index (κ3) is 3.91. The molecule has 3 aliphatic heterocycles. The quantitative estimate of drug-likeness (QED) is 0.743. The van der Waals surface area contributed by atoms with Gasteiger partial charge in [-0.1, -0.05) is 0 Å². The average Bonchev–Trinajstić information content (AvgIpc) is 2.95. The second-order valence-corrected chi connectivity index (χ2v) is 6.78. The third-order valence-electron chi connectivity index (χ3n) is 5.32. The van der Waals surface area contributed by atoms with Gasteiger partial charge in [0, 0.05) is 19.6 Å². The summed E-state index contributed by atoms with van der Waals surface area (Å²) in [5.74, 6) is 1.22.